The van der Waals surface area contributed by atoms with E-state index >= 15 is 0 Å². The number of rotatable bonds is 6. The molecule has 2 aromatic rings. The third-order valence-corrected chi connectivity index (χ3v) is 3.82. The van der Waals surface area contributed by atoms with Crippen molar-refractivity contribution < 1.29 is 0 Å². The first-order valence-electron chi connectivity index (χ1n) is 6.48. The van der Waals surface area contributed by atoms with Crippen LogP contribution in [0.2, 0.25) is 10.0 Å². The van der Waals surface area contributed by atoms with Crippen LogP contribution in [0, 0.1) is 0 Å². The number of halogens is 2. The van der Waals surface area contributed by atoms with Crippen LogP contribution in [0.1, 0.15) is 17.5 Å². The van der Waals surface area contributed by atoms with Crippen molar-refractivity contribution in [1.29, 1.82) is 0 Å². The number of aromatic nitrogens is 1. The predicted octanol–water partition coefficient (Wildman–Crippen LogP) is 3.40. The van der Waals surface area contributed by atoms with E-state index in [4.69, 9.17) is 29.0 Å². The van der Waals surface area contributed by atoms with Gasteiger partial charge < -0.3 is 0 Å². The maximum Gasteiger partial charge on any atom is 0.0439 e. The van der Waals surface area contributed by atoms with Crippen molar-refractivity contribution in [2.24, 2.45) is 5.84 Å². The Morgan fingerprint density at radius 1 is 1.25 bits per heavy atom. The lowest BCUT2D eigenvalue weighted by Crippen LogP contribution is -2.37. The number of pyridine rings is 1. The van der Waals surface area contributed by atoms with E-state index in [-0.39, 0.29) is 6.04 Å². The molecule has 0 saturated carbocycles. The van der Waals surface area contributed by atoms with Gasteiger partial charge in [0, 0.05) is 28.5 Å². The van der Waals surface area contributed by atoms with Crippen LogP contribution < -0.4 is 11.3 Å². The molecule has 1 aromatic heterocycles. The lowest BCUT2D eigenvalue weighted by molar-refractivity contribution is 0.491. The summed E-state index contributed by atoms with van der Waals surface area (Å²) in [4.78, 5) is 4.11. The summed E-state index contributed by atoms with van der Waals surface area (Å²) < 4.78 is 0. The number of aryl methyl sites for hydroxylation is 1. The van der Waals surface area contributed by atoms with Crippen LogP contribution in [-0.2, 0) is 12.8 Å². The highest BCUT2D eigenvalue weighted by Gasteiger charge is 2.11. The fraction of sp³-hybridized carbons (Fsp3) is 0.267. The zero-order valence-electron chi connectivity index (χ0n) is 11.0. The van der Waals surface area contributed by atoms with Crippen LogP contribution in [0.5, 0.6) is 0 Å². The second-order valence-corrected chi connectivity index (χ2v) is 5.55. The molecule has 0 aliphatic carbocycles. The standard InChI is InChI=1S/C15H17Cl2N3/c16-13-4-6-15(17)12(8-13)9-14(20-18)5-3-11-2-1-7-19-10-11/h1-2,4,6-8,10,14,20H,3,5,9,18H2. The molecule has 0 spiro atoms. The topological polar surface area (TPSA) is 50.9 Å². The molecule has 0 aliphatic rings. The smallest absolute Gasteiger partial charge is 0.0439 e. The van der Waals surface area contributed by atoms with Gasteiger partial charge in [-0.2, -0.15) is 0 Å². The summed E-state index contributed by atoms with van der Waals surface area (Å²) in [6, 6.07) is 9.63. The Kier molecular flexibility index (Phi) is 5.80. The maximum absolute atomic E-state index is 6.18. The summed E-state index contributed by atoms with van der Waals surface area (Å²) in [5.41, 5.74) is 5.05. The Labute approximate surface area is 129 Å². The van der Waals surface area contributed by atoms with Gasteiger partial charge in [0.25, 0.3) is 0 Å². The first-order chi connectivity index (χ1) is 9.69. The number of nitrogens with two attached hydrogens (primary N) is 1. The molecule has 0 fully saturated rings. The average Bonchev–Trinajstić information content (AvgIpc) is 2.48. The van der Waals surface area contributed by atoms with Gasteiger partial charge in [-0.3, -0.25) is 16.3 Å². The number of nitrogens with one attached hydrogen (secondary N) is 1. The molecule has 1 atom stereocenters. The zero-order valence-corrected chi connectivity index (χ0v) is 12.5. The van der Waals surface area contributed by atoms with E-state index in [1.165, 1.54) is 5.56 Å². The number of hydrogen-bond donors (Lipinski definition) is 2. The highest BCUT2D eigenvalue weighted by molar-refractivity contribution is 6.33. The lowest BCUT2D eigenvalue weighted by atomic mass is 10.00. The minimum Gasteiger partial charge on any atom is -0.271 e. The molecule has 20 heavy (non-hydrogen) atoms. The van der Waals surface area contributed by atoms with Gasteiger partial charge in [0.2, 0.25) is 0 Å². The van der Waals surface area contributed by atoms with Crippen LogP contribution in [0.15, 0.2) is 42.7 Å². The van der Waals surface area contributed by atoms with Crippen LogP contribution >= 0.6 is 23.2 Å². The minimum absolute atomic E-state index is 0.145. The Morgan fingerprint density at radius 3 is 2.80 bits per heavy atom. The minimum atomic E-state index is 0.145. The molecule has 1 aromatic carbocycles. The second-order valence-electron chi connectivity index (χ2n) is 4.70. The summed E-state index contributed by atoms with van der Waals surface area (Å²) in [7, 11) is 0. The fourth-order valence-corrected chi connectivity index (χ4v) is 2.49. The SMILES string of the molecule is NNC(CCc1cccnc1)Cc1cc(Cl)ccc1Cl. The van der Waals surface area contributed by atoms with Gasteiger partial charge in [-0.05, 0) is 54.7 Å². The van der Waals surface area contributed by atoms with Crippen molar-refractivity contribution in [2.45, 2.75) is 25.3 Å². The molecular weight excluding hydrogens is 293 g/mol. The van der Waals surface area contributed by atoms with E-state index in [2.05, 4.69) is 16.5 Å². The van der Waals surface area contributed by atoms with E-state index < -0.39 is 0 Å². The van der Waals surface area contributed by atoms with Gasteiger partial charge in [0.15, 0.2) is 0 Å². The molecule has 2 rings (SSSR count). The van der Waals surface area contributed by atoms with Crippen molar-refractivity contribution in [3.8, 4) is 0 Å². The monoisotopic (exact) mass is 309 g/mol. The molecule has 5 heteroatoms. The van der Waals surface area contributed by atoms with Gasteiger partial charge in [0.05, 0.1) is 0 Å². The van der Waals surface area contributed by atoms with Crippen molar-refractivity contribution in [3.63, 3.8) is 0 Å². The lowest BCUT2D eigenvalue weighted by Gasteiger charge is -2.17. The Balaban J connectivity index is 1.97. The molecule has 3 N–H and O–H groups in total. The highest BCUT2D eigenvalue weighted by Crippen LogP contribution is 2.22. The molecular formula is C15H17Cl2N3. The predicted molar refractivity (Wildman–Crippen MR) is 83.8 cm³/mol. The molecule has 106 valence electrons. The molecule has 0 amide bonds. The van der Waals surface area contributed by atoms with Gasteiger partial charge in [-0.25, -0.2) is 0 Å². The Morgan fingerprint density at radius 2 is 2.10 bits per heavy atom. The van der Waals surface area contributed by atoms with E-state index in [1.54, 1.807) is 12.3 Å². The van der Waals surface area contributed by atoms with Crippen molar-refractivity contribution in [2.75, 3.05) is 0 Å². The third kappa shape index (κ3) is 4.46. The highest BCUT2D eigenvalue weighted by atomic mass is 35.5. The first-order valence-corrected chi connectivity index (χ1v) is 7.23. The number of hydrogen-bond acceptors (Lipinski definition) is 3. The molecule has 0 bridgehead atoms. The summed E-state index contributed by atoms with van der Waals surface area (Å²) in [5.74, 6) is 5.63. The van der Waals surface area contributed by atoms with E-state index in [1.807, 2.05) is 24.4 Å². The van der Waals surface area contributed by atoms with Gasteiger partial charge in [-0.1, -0.05) is 29.3 Å². The summed E-state index contributed by atoms with van der Waals surface area (Å²) in [6.45, 7) is 0. The quantitative estimate of drug-likeness (QED) is 0.635. The Bertz CT molecular complexity index is 546. The molecule has 0 radical (unpaired) electrons. The summed E-state index contributed by atoms with van der Waals surface area (Å²) in [6.07, 6.45) is 6.22. The first kappa shape index (κ1) is 15.3. The summed E-state index contributed by atoms with van der Waals surface area (Å²) >= 11 is 12.2. The van der Waals surface area contributed by atoms with Gasteiger partial charge in [0.1, 0.15) is 0 Å². The molecule has 3 nitrogen and oxygen atoms in total. The molecule has 1 unspecified atom stereocenters. The second kappa shape index (κ2) is 7.60. The van der Waals surface area contributed by atoms with E-state index in [0.29, 0.717) is 5.02 Å². The molecule has 1 heterocycles. The van der Waals surface area contributed by atoms with Crippen molar-refractivity contribution in [3.05, 3.63) is 63.9 Å². The van der Waals surface area contributed by atoms with E-state index in [9.17, 15) is 0 Å². The van der Waals surface area contributed by atoms with Crippen molar-refractivity contribution >= 4 is 23.2 Å². The number of benzene rings is 1. The summed E-state index contributed by atoms with van der Waals surface area (Å²) in [5, 5.41) is 1.41. The number of nitrogens with zero attached hydrogens (tertiary/aromatic N) is 1. The largest absolute Gasteiger partial charge is 0.271 e. The zero-order chi connectivity index (χ0) is 14.4. The van der Waals surface area contributed by atoms with Crippen LogP contribution in [-0.4, -0.2) is 11.0 Å². The van der Waals surface area contributed by atoms with Gasteiger partial charge >= 0.3 is 0 Å². The average molecular weight is 310 g/mol. The van der Waals surface area contributed by atoms with Crippen LogP contribution in [0.4, 0.5) is 0 Å². The maximum atomic E-state index is 6.18. The van der Waals surface area contributed by atoms with E-state index in [0.717, 1.165) is 29.8 Å². The third-order valence-electron chi connectivity index (χ3n) is 3.21. The van der Waals surface area contributed by atoms with Crippen LogP contribution in [0.25, 0.3) is 0 Å². The normalized spacial score (nSPS) is 12.3. The Hall–Kier alpha value is -1.13. The number of hydrazine groups is 1. The van der Waals surface area contributed by atoms with Crippen molar-refractivity contribution in [1.82, 2.24) is 10.4 Å². The fourth-order valence-electron chi connectivity index (χ4n) is 2.10. The molecule has 0 saturated heterocycles. The van der Waals surface area contributed by atoms with Gasteiger partial charge in [-0.15, -0.1) is 0 Å². The molecule has 0 aliphatic heterocycles. The van der Waals surface area contributed by atoms with Crippen LogP contribution in [0.3, 0.4) is 0 Å².